The first-order chi connectivity index (χ1) is 15.3. The Kier molecular flexibility index (Phi) is 7.70. The van der Waals surface area contributed by atoms with Gasteiger partial charge in [-0.1, -0.05) is 29.4 Å². The van der Waals surface area contributed by atoms with E-state index >= 15 is 0 Å². The van der Waals surface area contributed by atoms with Crippen molar-refractivity contribution in [2.45, 2.75) is 39.1 Å². The molecule has 0 unspecified atom stereocenters. The number of rotatable bonds is 9. The largest absolute Gasteiger partial charge is 0.486 e. The lowest BCUT2D eigenvalue weighted by molar-refractivity contribution is -0.384. The first-order valence-electron chi connectivity index (χ1n) is 9.77. The van der Waals surface area contributed by atoms with Gasteiger partial charge >= 0.3 is 0 Å². The lowest BCUT2D eigenvalue weighted by Crippen LogP contribution is -2.15. The molecule has 168 valence electrons. The van der Waals surface area contributed by atoms with Crippen molar-refractivity contribution in [2.24, 2.45) is 0 Å². The zero-order valence-corrected chi connectivity index (χ0v) is 19.4. The predicted molar refractivity (Wildman–Crippen MR) is 123 cm³/mol. The maximum Gasteiger partial charge on any atom is 0.271 e. The van der Waals surface area contributed by atoms with Gasteiger partial charge in [0.05, 0.1) is 21.4 Å². The highest BCUT2D eigenvalue weighted by molar-refractivity contribution is 7.99. The first kappa shape index (κ1) is 23.6. The molecule has 1 heterocycles. The van der Waals surface area contributed by atoms with Gasteiger partial charge in [-0.25, -0.2) is 0 Å². The number of hydrogen-bond donors (Lipinski definition) is 1. The van der Waals surface area contributed by atoms with Gasteiger partial charge in [0.15, 0.2) is 11.0 Å². The zero-order valence-electron chi connectivity index (χ0n) is 17.8. The van der Waals surface area contributed by atoms with Crippen LogP contribution in [0.3, 0.4) is 0 Å². The molecule has 1 N–H and O–H groups in total. The summed E-state index contributed by atoms with van der Waals surface area (Å²) in [6.07, 6.45) is 0. The number of thioether (sulfide) groups is 1. The molecule has 1 aromatic heterocycles. The van der Waals surface area contributed by atoms with E-state index in [0.29, 0.717) is 17.5 Å². The Labute approximate surface area is 194 Å². The van der Waals surface area contributed by atoms with Crippen molar-refractivity contribution < 1.29 is 14.5 Å². The maximum absolute atomic E-state index is 12.4. The third kappa shape index (κ3) is 5.77. The van der Waals surface area contributed by atoms with Crippen molar-refractivity contribution in [1.82, 2.24) is 14.8 Å². The summed E-state index contributed by atoms with van der Waals surface area (Å²) in [4.78, 5) is 22.7. The molecule has 0 fully saturated rings. The van der Waals surface area contributed by atoms with Gasteiger partial charge in [-0.15, -0.1) is 10.2 Å². The molecule has 32 heavy (non-hydrogen) atoms. The summed E-state index contributed by atoms with van der Waals surface area (Å²) in [5, 5.41) is 22.7. The van der Waals surface area contributed by atoms with Crippen LogP contribution in [0.5, 0.6) is 5.75 Å². The third-order valence-corrected chi connectivity index (χ3v) is 6.02. The second kappa shape index (κ2) is 10.5. The fourth-order valence-electron chi connectivity index (χ4n) is 2.84. The standard InChI is InChI=1S/C21H22ClN5O4S/c1-4-26-19(11-31-16-7-5-13(2)14(3)9-16)24-25-21(26)32-12-20(28)23-18-10-15(27(29)30)6-8-17(18)22/h5-10H,4,11-12H2,1-3H3,(H,23,28). The Hall–Kier alpha value is -3.11. The fourth-order valence-corrected chi connectivity index (χ4v) is 3.83. The van der Waals surface area contributed by atoms with Crippen LogP contribution in [0, 0.1) is 24.0 Å². The number of hydrogen-bond acceptors (Lipinski definition) is 7. The van der Waals surface area contributed by atoms with E-state index in [0.717, 1.165) is 11.3 Å². The number of ether oxygens (including phenoxy) is 1. The zero-order chi connectivity index (χ0) is 23.3. The topological polar surface area (TPSA) is 112 Å². The van der Waals surface area contributed by atoms with Crippen LogP contribution in [0.4, 0.5) is 11.4 Å². The molecule has 0 bridgehead atoms. The second-order valence-corrected chi connectivity index (χ2v) is 8.29. The summed E-state index contributed by atoms with van der Waals surface area (Å²) >= 11 is 7.24. The van der Waals surface area contributed by atoms with Gasteiger partial charge in [0, 0.05) is 18.7 Å². The molecule has 0 atom stereocenters. The van der Waals surface area contributed by atoms with Gasteiger partial charge < -0.3 is 14.6 Å². The number of halogens is 1. The number of nitro benzene ring substituents is 1. The lowest BCUT2D eigenvalue weighted by atomic mass is 10.1. The number of amides is 1. The van der Waals surface area contributed by atoms with Crippen LogP contribution in [-0.4, -0.2) is 31.3 Å². The molecule has 0 saturated heterocycles. The second-order valence-electron chi connectivity index (χ2n) is 6.94. The molecule has 0 aliphatic heterocycles. The summed E-state index contributed by atoms with van der Waals surface area (Å²) in [5.74, 6) is 1.07. The molecule has 0 radical (unpaired) electrons. The number of aryl methyl sites for hydroxylation is 2. The average molecular weight is 476 g/mol. The molecule has 3 rings (SSSR count). The van der Waals surface area contributed by atoms with Gasteiger partial charge in [0.25, 0.3) is 5.69 Å². The fraction of sp³-hybridized carbons (Fsp3) is 0.286. The summed E-state index contributed by atoms with van der Waals surface area (Å²) < 4.78 is 7.72. The van der Waals surface area contributed by atoms with E-state index in [4.69, 9.17) is 16.3 Å². The number of nitrogens with one attached hydrogen (secondary N) is 1. The van der Waals surface area contributed by atoms with Crippen LogP contribution in [0.2, 0.25) is 5.02 Å². The number of anilines is 1. The van der Waals surface area contributed by atoms with E-state index in [1.807, 2.05) is 43.5 Å². The van der Waals surface area contributed by atoms with E-state index in [1.54, 1.807) is 0 Å². The Bertz CT molecular complexity index is 1150. The van der Waals surface area contributed by atoms with E-state index in [2.05, 4.69) is 15.5 Å². The normalized spacial score (nSPS) is 10.8. The number of carbonyl (C=O) groups excluding carboxylic acids is 1. The predicted octanol–water partition coefficient (Wildman–Crippen LogP) is 4.79. The highest BCUT2D eigenvalue weighted by Crippen LogP contribution is 2.27. The molecular formula is C21H22ClN5O4S. The number of non-ortho nitro benzene ring substituents is 1. The molecule has 3 aromatic rings. The van der Waals surface area contributed by atoms with Crippen molar-refractivity contribution in [3.05, 3.63) is 68.5 Å². The average Bonchev–Trinajstić information content (AvgIpc) is 3.16. The van der Waals surface area contributed by atoms with Gasteiger partial charge in [0.1, 0.15) is 12.4 Å². The van der Waals surface area contributed by atoms with Crippen molar-refractivity contribution in [3.63, 3.8) is 0 Å². The van der Waals surface area contributed by atoms with Gasteiger partial charge in [-0.2, -0.15) is 0 Å². The number of nitrogens with zero attached hydrogens (tertiary/aromatic N) is 4. The van der Waals surface area contributed by atoms with Crippen LogP contribution >= 0.6 is 23.4 Å². The Morgan fingerprint density at radius 1 is 1.22 bits per heavy atom. The Morgan fingerprint density at radius 2 is 2.00 bits per heavy atom. The van der Waals surface area contributed by atoms with E-state index < -0.39 is 4.92 Å². The quantitative estimate of drug-likeness (QED) is 0.269. The van der Waals surface area contributed by atoms with Crippen molar-refractivity contribution in [3.8, 4) is 5.75 Å². The highest BCUT2D eigenvalue weighted by Gasteiger charge is 2.16. The molecule has 0 aliphatic carbocycles. The molecule has 1 amide bonds. The molecule has 0 spiro atoms. The molecular weight excluding hydrogens is 454 g/mol. The van der Waals surface area contributed by atoms with Crippen LogP contribution < -0.4 is 10.1 Å². The molecule has 9 nitrogen and oxygen atoms in total. The molecule has 0 aliphatic rings. The number of carbonyl (C=O) groups is 1. The Balaban J connectivity index is 1.61. The van der Waals surface area contributed by atoms with Crippen LogP contribution in [0.25, 0.3) is 0 Å². The van der Waals surface area contributed by atoms with Crippen LogP contribution in [0.1, 0.15) is 23.9 Å². The van der Waals surface area contributed by atoms with Crippen LogP contribution in [-0.2, 0) is 17.9 Å². The molecule has 11 heteroatoms. The summed E-state index contributed by atoms with van der Waals surface area (Å²) in [6, 6.07) is 9.76. The minimum absolute atomic E-state index is 0.0369. The monoisotopic (exact) mass is 475 g/mol. The SMILES string of the molecule is CCn1c(COc2ccc(C)c(C)c2)nnc1SCC(=O)Nc1cc([N+](=O)[O-])ccc1Cl. The maximum atomic E-state index is 12.4. The number of benzene rings is 2. The lowest BCUT2D eigenvalue weighted by Gasteiger charge is -2.10. The number of nitro groups is 1. The first-order valence-corrected chi connectivity index (χ1v) is 11.1. The minimum Gasteiger partial charge on any atom is -0.486 e. The van der Waals surface area contributed by atoms with E-state index in [1.165, 1.54) is 35.5 Å². The Morgan fingerprint density at radius 3 is 2.69 bits per heavy atom. The summed E-state index contributed by atoms with van der Waals surface area (Å²) in [7, 11) is 0. The van der Waals surface area contributed by atoms with Crippen LogP contribution in [0.15, 0.2) is 41.6 Å². The minimum atomic E-state index is -0.550. The summed E-state index contributed by atoms with van der Waals surface area (Å²) in [6.45, 7) is 6.88. The van der Waals surface area contributed by atoms with Crippen molar-refractivity contribution in [1.29, 1.82) is 0 Å². The van der Waals surface area contributed by atoms with Gasteiger partial charge in [-0.05, 0) is 50.1 Å². The third-order valence-electron chi connectivity index (χ3n) is 4.72. The van der Waals surface area contributed by atoms with E-state index in [-0.39, 0.29) is 34.7 Å². The van der Waals surface area contributed by atoms with E-state index in [9.17, 15) is 14.9 Å². The highest BCUT2D eigenvalue weighted by atomic mass is 35.5. The molecule has 2 aromatic carbocycles. The smallest absolute Gasteiger partial charge is 0.271 e. The number of aromatic nitrogens is 3. The van der Waals surface area contributed by atoms with Crippen molar-refractivity contribution in [2.75, 3.05) is 11.1 Å². The van der Waals surface area contributed by atoms with Crippen molar-refractivity contribution >= 4 is 40.6 Å². The van der Waals surface area contributed by atoms with Gasteiger partial charge in [-0.3, -0.25) is 14.9 Å². The summed E-state index contributed by atoms with van der Waals surface area (Å²) in [5.41, 5.74) is 2.37. The molecule has 0 saturated carbocycles. The van der Waals surface area contributed by atoms with Gasteiger partial charge in [0.2, 0.25) is 5.91 Å².